The Morgan fingerprint density at radius 3 is 2.10 bits per heavy atom. The molecule has 20 heavy (non-hydrogen) atoms. The van der Waals surface area contributed by atoms with Gasteiger partial charge in [-0.15, -0.1) is 0 Å². The monoisotopic (exact) mass is 279 g/mol. The van der Waals surface area contributed by atoms with E-state index in [2.05, 4.69) is 0 Å². The minimum Gasteiger partial charge on any atom is -0.330 e. The average Bonchev–Trinajstić information content (AvgIpc) is 2.45. The Balaban J connectivity index is 2.29. The minimum atomic E-state index is -4.33. The molecule has 0 radical (unpaired) electrons. The number of benzene rings is 2. The van der Waals surface area contributed by atoms with Crippen molar-refractivity contribution in [2.24, 2.45) is 5.73 Å². The summed E-state index contributed by atoms with van der Waals surface area (Å²) in [5, 5.41) is 0. The molecule has 0 aliphatic carbocycles. The Morgan fingerprint density at radius 1 is 0.900 bits per heavy atom. The number of alkyl halides is 3. The first-order valence-electron chi connectivity index (χ1n) is 6.42. The summed E-state index contributed by atoms with van der Waals surface area (Å²) in [6, 6.07) is 15.1. The van der Waals surface area contributed by atoms with Crippen molar-refractivity contribution < 1.29 is 13.2 Å². The van der Waals surface area contributed by atoms with E-state index in [0.717, 1.165) is 11.6 Å². The minimum absolute atomic E-state index is 0.111. The maximum Gasteiger partial charge on any atom is 0.416 e. The quantitative estimate of drug-likeness (QED) is 0.899. The highest BCUT2D eigenvalue weighted by molar-refractivity contribution is 5.32. The maximum atomic E-state index is 13.0. The second kappa shape index (κ2) is 6.09. The molecule has 0 spiro atoms. The third kappa shape index (κ3) is 3.39. The summed E-state index contributed by atoms with van der Waals surface area (Å²) < 4.78 is 38.9. The molecule has 2 aromatic rings. The first-order valence-corrected chi connectivity index (χ1v) is 6.42. The Morgan fingerprint density at radius 2 is 1.50 bits per heavy atom. The predicted molar refractivity (Wildman–Crippen MR) is 73.4 cm³/mol. The van der Waals surface area contributed by atoms with Crippen molar-refractivity contribution in [2.45, 2.75) is 18.5 Å². The molecule has 1 unspecified atom stereocenters. The summed E-state index contributed by atoms with van der Waals surface area (Å²) in [4.78, 5) is 0. The van der Waals surface area contributed by atoms with Gasteiger partial charge >= 0.3 is 6.18 Å². The molecule has 0 bridgehead atoms. The van der Waals surface area contributed by atoms with E-state index < -0.39 is 11.7 Å². The smallest absolute Gasteiger partial charge is 0.330 e. The molecule has 0 aliphatic heterocycles. The van der Waals surface area contributed by atoms with Gasteiger partial charge in [-0.3, -0.25) is 0 Å². The van der Waals surface area contributed by atoms with Crippen molar-refractivity contribution in [1.29, 1.82) is 0 Å². The van der Waals surface area contributed by atoms with Gasteiger partial charge in [-0.05, 0) is 30.2 Å². The largest absolute Gasteiger partial charge is 0.416 e. The van der Waals surface area contributed by atoms with Gasteiger partial charge in [0.25, 0.3) is 0 Å². The van der Waals surface area contributed by atoms with Crippen LogP contribution in [0.1, 0.15) is 22.6 Å². The molecule has 0 aromatic heterocycles. The van der Waals surface area contributed by atoms with Gasteiger partial charge in [-0.2, -0.15) is 13.2 Å². The van der Waals surface area contributed by atoms with Crippen LogP contribution in [0.15, 0.2) is 54.6 Å². The molecule has 2 rings (SSSR count). The first kappa shape index (κ1) is 14.6. The average molecular weight is 279 g/mol. The molecular formula is C16H16F3N. The van der Waals surface area contributed by atoms with Crippen molar-refractivity contribution in [3.05, 3.63) is 71.3 Å². The standard InChI is InChI=1S/C16H16F3N/c17-16(18,19)15-9-5-4-8-13(15)10-14(11-20)12-6-2-1-3-7-12/h1-9,14H,10-11,20H2. The molecule has 2 N–H and O–H groups in total. The van der Waals surface area contributed by atoms with Crippen molar-refractivity contribution in [2.75, 3.05) is 6.54 Å². The molecule has 1 atom stereocenters. The lowest BCUT2D eigenvalue weighted by Crippen LogP contribution is -2.17. The Bertz CT molecular complexity index is 549. The Kier molecular flexibility index (Phi) is 4.45. The number of hydrogen-bond acceptors (Lipinski definition) is 1. The van der Waals surface area contributed by atoms with Gasteiger partial charge in [-0.25, -0.2) is 0 Å². The van der Waals surface area contributed by atoms with Crippen molar-refractivity contribution in [3.8, 4) is 0 Å². The summed E-state index contributed by atoms with van der Waals surface area (Å²) in [5.41, 5.74) is 6.41. The Labute approximate surface area is 116 Å². The second-order valence-corrected chi connectivity index (χ2v) is 4.70. The fourth-order valence-electron chi connectivity index (χ4n) is 2.30. The number of rotatable bonds is 4. The van der Waals surface area contributed by atoms with Crippen LogP contribution in [-0.4, -0.2) is 6.54 Å². The number of halogens is 3. The Hall–Kier alpha value is -1.81. The van der Waals surface area contributed by atoms with Crippen LogP contribution < -0.4 is 5.73 Å². The van der Waals surface area contributed by atoms with Gasteiger partial charge in [0, 0.05) is 5.92 Å². The van der Waals surface area contributed by atoms with E-state index in [1.807, 2.05) is 30.3 Å². The zero-order chi connectivity index (χ0) is 14.6. The predicted octanol–water partition coefficient (Wildman–Crippen LogP) is 3.99. The zero-order valence-electron chi connectivity index (χ0n) is 10.9. The van der Waals surface area contributed by atoms with Crippen LogP contribution >= 0.6 is 0 Å². The summed E-state index contributed by atoms with van der Waals surface area (Å²) in [7, 11) is 0. The highest BCUT2D eigenvalue weighted by atomic mass is 19.4. The van der Waals surface area contributed by atoms with Gasteiger partial charge in [0.2, 0.25) is 0 Å². The van der Waals surface area contributed by atoms with E-state index in [1.54, 1.807) is 6.07 Å². The fourth-order valence-corrected chi connectivity index (χ4v) is 2.30. The molecule has 0 heterocycles. The van der Waals surface area contributed by atoms with E-state index >= 15 is 0 Å². The topological polar surface area (TPSA) is 26.0 Å². The molecule has 106 valence electrons. The second-order valence-electron chi connectivity index (χ2n) is 4.70. The van der Waals surface area contributed by atoms with Crippen LogP contribution in [0.5, 0.6) is 0 Å². The van der Waals surface area contributed by atoms with Crippen molar-refractivity contribution >= 4 is 0 Å². The maximum absolute atomic E-state index is 13.0. The van der Waals surface area contributed by atoms with Gasteiger partial charge in [0.05, 0.1) is 5.56 Å². The van der Waals surface area contributed by atoms with Crippen LogP contribution in [0.4, 0.5) is 13.2 Å². The lowest BCUT2D eigenvalue weighted by atomic mass is 9.90. The third-order valence-electron chi connectivity index (χ3n) is 3.34. The summed E-state index contributed by atoms with van der Waals surface area (Å²) in [5.74, 6) is -0.111. The summed E-state index contributed by atoms with van der Waals surface area (Å²) in [6.07, 6.45) is -4.04. The molecule has 0 saturated heterocycles. The van der Waals surface area contributed by atoms with Gasteiger partial charge in [0.1, 0.15) is 0 Å². The molecule has 2 aromatic carbocycles. The van der Waals surface area contributed by atoms with Crippen LogP contribution in [0.25, 0.3) is 0 Å². The highest BCUT2D eigenvalue weighted by Crippen LogP contribution is 2.34. The number of hydrogen-bond donors (Lipinski definition) is 1. The van der Waals surface area contributed by atoms with E-state index in [9.17, 15) is 13.2 Å². The van der Waals surface area contributed by atoms with Gasteiger partial charge < -0.3 is 5.73 Å². The molecule has 1 nitrogen and oxygen atoms in total. The zero-order valence-corrected chi connectivity index (χ0v) is 10.9. The SMILES string of the molecule is NCC(Cc1ccccc1C(F)(F)F)c1ccccc1. The van der Waals surface area contributed by atoms with Crippen LogP contribution in [0, 0.1) is 0 Å². The van der Waals surface area contributed by atoms with E-state index in [-0.39, 0.29) is 12.3 Å². The third-order valence-corrected chi connectivity index (χ3v) is 3.34. The van der Waals surface area contributed by atoms with Crippen molar-refractivity contribution in [3.63, 3.8) is 0 Å². The van der Waals surface area contributed by atoms with E-state index in [0.29, 0.717) is 12.1 Å². The van der Waals surface area contributed by atoms with Crippen molar-refractivity contribution in [1.82, 2.24) is 0 Å². The van der Waals surface area contributed by atoms with Crippen LogP contribution in [-0.2, 0) is 12.6 Å². The molecule has 4 heteroatoms. The van der Waals surface area contributed by atoms with Crippen LogP contribution in [0.3, 0.4) is 0 Å². The van der Waals surface area contributed by atoms with E-state index in [4.69, 9.17) is 5.73 Å². The molecule has 0 saturated carbocycles. The lowest BCUT2D eigenvalue weighted by molar-refractivity contribution is -0.138. The normalized spacial score (nSPS) is 13.2. The van der Waals surface area contributed by atoms with Crippen LogP contribution in [0.2, 0.25) is 0 Å². The number of nitrogens with two attached hydrogens (primary N) is 1. The summed E-state index contributed by atoms with van der Waals surface area (Å²) in [6.45, 7) is 0.316. The van der Waals surface area contributed by atoms with Gasteiger partial charge in [0.15, 0.2) is 0 Å². The highest BCUT2D eigenvalue weighted by Gasteiger charge is 2.33. The molecule has 0 aliphatic rings. The molecule has 0 fully saturated rings. The van der Waals surface area contributed by atoms with Gasteiger partial charge in [-0.1, -0.05) is 48.5 Å². The first-order chi connectivity index (χ1) is 9.52. The summed E-state index contributed by atoms with van der Waals surface area (Å²) >= 11 is 0. The fraction of sp³-hybridized carbons (Fsp3) is 0.250. The van der Waals surface area contributed by atoms with E-state index in [1.165, 1.54) is 12.1 Å². The lowest BCUT2D eigenvalue weighted by Gasteiger charge is -2.18. The molecule has 0 amide bonds. The molecular weight excluding hydrogens is 263 g/mol.